The van der Waals surface area contributed by atoms with Crippen molar-refractivity contribution in [1.29, 1.82) is 0 Å². The highest BCUT2D eigenvalue weighted by atomic mass is 16.5. The number of rotatable bonds is 2. The Balaban J connectivity index is 1.87. The van der Waals surface area contributed by atoms with Crippen LogP contribution in [0, 0.1) is 0 Å². The van der Waals surface area contributed by atoms with Crippen molar-refractivity contribution < 1.29 is 19.1 Å². The van der Waals surface area contributed by atoms with Gasteiger partial charge in [0.05, 0.1) is 29.4 Å². The molecule has 3 aromatic rings. The maximum absolute atomic E-state index is 12.6. The third kappa shape index (κ3) is 2.06. The number of amides is 2. The lowest BCUT2D eigenvalue weighted by Crippen LogP contribution is -2.29. The lowest BCUT2D eigenvalue weighted by Gasteiger charge is -2.14. The first-order valence-electron chi connectivity index (χ1n) is 7.56. The first kappa shape index (κ1) is 15.1. The van der Waals surface area contributed by atoms with E-state index >= 15 is 0 Å². The van der Waals surface area contributed by atoms with E-state index in [2.05, 4.69) is 5.10 Å². The van der Waals surface area contributed by atoms with Gasteiger partial charge in [0.1, 0.15) is 0 Å². The smallest absolute Gasteiger partial charge is 0.359 e. The summed E-state index contributed by atoms with van der Waals surface area (Å²) in [7, 11) is 2.98. The number of fused-ring (bicyclic) bond motifs is 2. The summed E-state index contributed by atoms with van der Waals surface area (Å²) in [5.41, 5.74) is 1.95. The molecule has 0 aliphatic carbocycles. The summed E-state index contributed by atoms with van der Waals surface area (Å²) in [6.45, 7) is 0. The lowest BCUT2D eigenvalue weighted by molar-refractivity contribution is 0.0595. The molecular weight excluding hydrogens is 322 g/mol. The Hall–Kier alpha value is -3.48. The molecule has 0 spiro atoms. The Bertz CT molecular complexity index is 1030. The molecule has 7 heteroatoms. The van der Waals surface area contributed by atoms with Crippen molar-refractivity contribution in [2.24, 2.45) is 7.05 Å². The molecule has 0 saturated heterocycles. The molecule has 0 radical (unpaired) electrons. The minimum Gasteiger partial charge on any atom is -0.464 e. The van der Waals surface area contributed by atoms with Gasteiger partial charge in [0.25, 0.3) is 11.8 Å². The number of aryl methyl sites for hydroxylation is 1. The van der Waals surface area contributed by atoms with Gasteiger partial charge in [0, 0.05) is 12.4 Å². The number of imide groups is 1. The largest absolute Gasteiger partial charge is 0.464 e. The number of hydrogen-bond acceptors (Lipinski definition) is 5. The average molecular weight is 335 g/mol. The number of carbonyl (C=O) groups is 3. The van der Waals surface area contributed by atoms with Gasteiger partial charge in [-0.05, 0) is 30.3 Å². The number of benzene rings is 2. The van der Waals surface area contributed by atoms with Crippen molar-refractivity contribution in [2.75, 3.05) is 12.0 Å². The molecule has 2 heterocycles. The van der Waals surface area contributed by atoms with Gasteiger partial charge in [-0.25, -0.2) is 9.69 Å². The van der Waals surface area contributed by atoms with E-state index in [0.29, 0.717) is 27.7 Å². The third-order valence-corrected chi connectivity index (χ3v) is 4.26. The second-order valence-electron chi connectivity index (χ2n) is 5.66. The Morgan fingerprint density at radius 1 is 1.04 bits per heavy atom. The summed E-state index contributed by atoms with van der Waals surface area (Å²) in [6.07, 6.45) is 0. The third-order valence-electron chi connectivity index (χ3n) is 4.26. The summed E-state index contributed by atoms with van der Waals surface area (Å²) in [6, 6.07) is 11.7. The summed E-state index contributed by atoms with van der Waals surface area (Å²) in [5, 5.41) is 4.68. The number of methoxy groups -OCH3 is 1. The number of aromatic nitrogens is 2. The first-order valence-corrected chi connectivity index (χ1v) is 7.56. The molecule has 0 saturated carbocycles. The van der Waals surface area contributed by atoms with Crippen molar-refractivity contribution in [3.8, 4) is 0 Å². The summed E-state index contributed by atoms with van der Waals surface area (Å²) < 4.78 is 6.30. The van der Waals surface area contributed by atoms with E-state index < -0.39 is 5.97 Å². The number of esters is 1. The molecule has 2 amide bonds. The maximum atomic E-state index is 12.6. The highest BCUT2D eigenvalue weighted by Crippen LogP contribution is 2.31. The van der Waals surface area contributed by atoms with Crippen LogP contribution in [0.2, 0.25) is 0 Å². The molecular formula is C18H13N3O4. The minimum atomic E-state index is -0.579. The summed E-state index contributed by atoms with van der Waals surface area (Å²) in [4.78, 5) is 38.3. The quantitative estimate of drug-likeness (QED) is 0.529. The van der Waals surface area contributed by atoms with Crippen molar-refractivity contribution in [3.63, 3.8) is 0 Å². The van der Waals surface area contributed by atoms with E-state index in [1.807, 2.05) is 0 Å². The molecule has 1 aliphatic rings. The Labute approximate surface area is 142 Å². The SMILES string of the molecule is COC(=O)c1nn(C)c2ccc(N3C(=O)c4ccccc4C3=O)cc12. The number of hydrogen-bond donors (Lipinski definition) is 0. The predicted molar refractivity (Wildman–Crippen MR) is 89.6 cm³/mol. The average Bonchev–Trinajstić information content (AvgIpc) is 3.09. The molecule has 1 aromatic heterocycles. The van der Waals surface area contributed by atoms with Crippen LogP contribution in [0.4, 0.5) is 5.69 Å². The van der Waals surface area contributed by atoms with Crippen LogP contribution in [-0.4, -0.2) is 34.7 Å². The Morgan fingerprint density at radius 2 is 1.68 bits per heavy atom. The van der Waals surface area contributed by atoms with Crippen LogP contribution in [0.1, 0.15) is 31.2 Å². The number of ether oxygens (including phenoxy) is 1. The fourth-order valence-corrected chi connectivity index (χ4v) is 3.06. The molecule has 7 nitrogen and oxygen atoms in total. The van der Waals surface area contributed by atoms with Crippen LogP contribution in [-0.2, 0) is 11.8 Å². The number of anilines is 1. The second kappa shape index (κ2) is 5.27. The predicted octanol–water partition coefficient (Wildman–Crippen LogP) is 2.16. The maximum Gasteiger partial charge on any atom is 0.359 e. The highest BCUT2D eigenvalue weighted by molar-refractivity contribution is 6.34. The van der Waals surface area contributed by atoms with Gasteiger partial charge in [0.2, 0.25) is 0 Å². The van der Waals surface area contributed by atoms with E-state index in [4.69, 9.17) is 4.74 Å². The molecule has 0 N–H and O–H groups in total. The van der Waals surface area contributed by atoms with Crippen molar-refractivity contribution in [1.82, 2.24) is 9.78 Å². The van der Waals surface area contributed by atoms with Crippen molar-refractivity contribution in [2.45, 2.75) is 0 Å². The number of carbonyl (C=O) groups excluding carboxylic acids is 3. The van der Waals surface area contributed by atoms with E-state index in [1.165, 1.54) is 7.11 Å². The zero-order chi connectivity index (χ0) is 17.7. The van der Waals surface area contributed by atoms with Crippen LogP contribution in [0.25, 0.3) is 10.9 Å². The number of nitrogens with zero attached hydrogens (tertiary/aromatic N) is 3. The molecule has 124 valence electrons. The van der Waals surface area contributed by atoms with Crippen LogP contribution >= 0.6 is 0 Å². The molecule has 0 fully saturated rings. The standard InChI is InChI=1S/C18H13N3O4/c1-20-14-8-7-10(9-13(14)15(19-20)18(24)25-2)21-16(22)11-5-3-4-6-12(11)17(21)23/h3-9H,1-2H3. The normalized spacial score (nSPS) is 13.4. The van der Waals surface area contributed by atoms with E-state index in [-0.39, 0.29) is 17.5 Å². The molecule has 25 heavy (non-hydrogen) atoms. The molecule has 0 atom stereocenters. The zero-order valence-corrected chi connectivity index (χ0v) is 13.5. The van der Waals surface area contributed by atoms with E-state index in [1.54, 1.807) is 54.2 Å². The fourth-order valence-electron chi connectivity index (χ4n) is 3.06. The van der Waals surface area contributed by atoms with Crippen LogP contribution < -0.4 is 4.90 Å². The monoisotopic (exact) mass is 335 g/mol. The summed E-state index contributed by atoms with van der Waals surface area (Å²) >= 11 is 0. The van der Waals surface area contributed by atoms with Gasteiger partial charge in [-0.3, -0.25) is 14.3 Å². The van der Waals surface area contributed by atoms with E-state index in [0.717, 1.165) is 4.90 Å². The molecule has 1 aliphatic heterocycles. The van der Waals surface area contributed by atoms with Crippen LogP contribution in [0.5, 0.6) is 0 Å². The van der Waals surface area contributed by atoms with E-state index in [9.17, 15) is 14.4 Å². The second-order valence-corrected chi connectivity index (χ2v) is 5.66. The van der Waals surface area contributed by atoms with Gasteiger partial charge in [-0.1, -0.05) is 12.1 Å². The van der Waals surface area contributed by atoms with Gasteiger partial charge in [0.15, 0.2) is 5.69 Å². The topological polar surface area (TPSA) is 81.5 Å². The van der Waals surface area contributed by atoms with Gasteiger partial charge < -0.3 is 4.74 Å². The molecule has 0 bridgehead atoms. The molecule has 0 unspecified atom stereocenters. The van der Waals surface area contributed by atoms with Crippen LogP contribution in [0.3, 0.4) is 0 Å². The highest BCUT2D eigenvalue weighted by Gasteiger charge is 2.36. The minimum absolute atomic E-state index is 0.137. The lowest BCUT2D eigenvalue weighted by atomic mass is 10.1. The fraction of sp³-hybridized carbons (Fsp3) is 0.111. The zero-order valence-electron chi connectivity index (χ0n) is 13.5. The molecule has 4 rings (SSSR count). The van der Waals surface area contributed by atoms with Crippen molar-refractivity contribution in [3.05, 3.63) is 59.3 Å². The van der Waals surface area contributed by atoms with Crippen LogP contribution in [0.15, 0.2) is 42.5 Å². The Morgan fingerprint density at radius 3 is 2.28 bits per heavy atom. The van der Waals surface area contributed by atoms with Gasteiger partial charge >= 0.3 is 5.97 Å². The van der Waals surface area contributed by atoms with Gasteiger partial charge in [-0.2, -0.15) is 5.10 Å². The Kier molecular flexibility index (Phi) is 3.18. The molecule has 2 aromatic carbocycles. The van der Waals surface area contributed by atoms with Crippen molar-refractivity contribution >= 4 is 34.4 Å². The summed E-state index contributed by atoms with van der Waals surface area (Å²) in [5.74, 6) is -1.35. The first-order chi connectivity index (χ1) is 12.0. The van der Waals surface area contributed by atoms with Gasteiger partial charge in [-0.15, -0.1) is 0 Å².